The highest BCUT2D eigenvalue weighted by atomic mass is 35.5. The zero-order chi connectivity index (χ0) is 24.3. The summed E-state index contributed by atoms with van der Waals surface area (Å²) in [6.07, 6.45) is 4.78. The first-order valence-electron chi connectivity index (χ1n) is 8.88. The minimum Gasteiger partial charge on any atom is -0.744 e. The highest BCUT2D eigenvalue weighted by Crippen LogP contribution is 2.39. The Bertz CT molecular complexity index is 1210. The van der Waals surface area contributed by atoms with Gasteiger partial charge in [-0.25, -0.2) is 12.9 Å². The fourth-order valence-corrected chi connectivity index (χ4v) is 3.58. The molecule has 13 heteroatoms. The van der Waals surface area contributed by atoms with Gasteiger partial charge in [0.25, 0.3) is 5.69 Å². The van der Waals surface area contributed by atoms with Gasteiger partial charge in [-0.05, 0) is 31.2 Å². The van der Waals surface area contributed by atoms with Crippen molar-refractivity contribution < 1.29 is 22.8 Å². The van der Waals surface area contributed by atoms with E-state index in [9.17, 15) is 33.2 Å². The molecule has 1 aliphatic heterocycles. The van der Waals surface area contributed by atoms with Gasteiger partial charge in [0.05, 0.1) is 27.5 Å². The first-order valence-corrected chi connectivity index (χ1v) is 10.7. The van der Waals surface area contributed by atoms with E-state index < -0.39 is 25.5 Å². The lowest BCUT2D eigenvalue weighted by Crippen LogP contribution is -2.47. The summed E-state index contributed by atoms with van der Waals surface area (Å²) in [5.74, 6) is 0. The standard InChI is InChI=1S/C12H12ClN4O4.C7H8O3S/c1-17(7-8(14)2-5-12(17)13)11-4-3-9(15(18)19)6-10(11)16(20)21;1-6-2-4-7(5-3-6)11(8,9)10/h2-7,12H,14H2,1H3;2-5H,1H3,(H,8,9,10)/q+1;/p-1. The molecule has 2 atom stereocenters. The van der Waals surface area contributed by atoms with Gasteiger partial charge < -0.3 is 10.3 Å². The molecule has 2 aromatic rings. The lowest BCUT2D eigenvalue weighted by atomic mass is 10.1. The van der Waals surface area contributed by atoms with Crippen LogP contribution >= 0.6 is 11.6 Å². The van der Waals surface area contributed by atoms with E-state index in [0.29, 0.717) is 5.70 Å². The number of alkyl halides is 1. The molecule has 32 heavy (non-hydrogen) atoms. The third-order valence-corrected chi connectivity index (χ3v) is 5.97. The molecule has 0 aliphatic carbocycles. The number of likely N-dealkylation sites (N-methyl/N-ethyl adjacent to an activating group) is 1. The second-order valence-electron chi connectivity index (χ2n) is 6.96. The molecular weight excluding hydrogens is 464 g/mol. The number of rotatable bonds is 4. The van der Waals surface area contributed by atoms with Crippen LogP contribution in [0.3, 0.4) is 0 Å². The molecule has 170 valence electrons. The first kappa shape index (κ1) is 24.9. The van der Waals surface area contributed by atoms with Crippen molar-refractivity contribution in [3.63, 3.8) is 0 Å². The second kappa shape index (κ2) is 9.44. The fraction of sp³-hybridized carbons (Fsp3) is 0.158. The Morgan fingerprint density at radius 1 is 1.06 bits per heavy atom. The van der Waals surface area contributed by atoms with Gasteiger partial charge in [-0.2, -0.15) is 0 Å². The molecule has 0 fully saturated rings. The van der Waals surface area contributed by atoms with Crippen LogP contribution in [0.2, 0.25) is 0 Å². The van der Waals surface area contributed by atoms with Crippen molar-refractivity contribution in [2.75, 3.05) is 7.05 Å². The summed E-state index contributed by atoms with van der Waals surface area (Å²) in [6.45, 7) is 1.82. The number of non-ortho nitro benzene ring substituents is 1. The summed E-state index contributed by atoms with van der Waals surface area (Å²) in [4.78, 5) is 20.5. The number of halogens is 1. The van der Waals surface area contributed by atoms with E-state index in [1.807, 2.05) is 6.92 Å². The highest BCUT2D eigenvalue weighted by molar-refractivity contribution is 7.85. The number of nitro benzene ring substituents is 2. The van der Waals surface area contributed by atoms with Crippen molar-refractivity contribution in [1.29, 1.82) is 0 Å². The third-order valence-electron chi connectivity index (χ3n) is 4.57. The Hall–Kier alpha value is -3.32. The van der Waals surface area contributed by atoms with Crippen LogP contribution in [-0.2, 0) is 10.1 Å². The molecule has 2 aromatic carbocycles. The normalized spacial score (nSPS) is 20.0. The summed E-state index contributed by atoms with van der Waals surface area (Å²) in [5, 5.41) is 22.0. The zero-order valence-electron chi connectivity index (χ0n) is 16.9. The molecule has 0 bridgehead atoms. The van der Waals surface area contributed by atoms with Crippen LogP contribution in [0.4, 0.5) is 17.1 Å². The summed E-state index contributed by atoms with van der Waals surface area (Å²) >= 11 is 6.23. The van der Waals surface area contributed by atoms with Crippen molar-refractivity contribution in [2.45, 2.75) is 17.3 Å². The lowest BCUT2D eigenvalue weighted by molar-refractivity contribution is -0.394. The summed E-state index contributed by atoms with van der Waals surface area (Å²) in [7, 11) is -2.63. The van der Waals surface area contributed by atoms with Gasteiger partial charge in [0.1, 0.15) is 22.4 Å². The quantitative estimate of drug-likeness (QED) is 0.173. The SMILES string of the molecule is C[N+]1(c2ccc([N+](=O)[O-])cc2[N+](=O)[O-])C=C(N)C=CC1Cl.Cc1ccc(S(=O)(=O)[O-])cc1. The van der Waals surface area contributed by atoms with E-state index in [1.165, 1.54) is 24.3 Å². The van der Waals surface area contributed by atoms with Gasteiger partial charge in [-0.3, -0.25) is 20.2 Å². The molecule has 1 aliphatic rings. The number of nitrogens with two attached hydrogens (primary N) is 1. The Kier molecular flexibility index (Phi) is 7.36. The number of hydrogen-bond acceptors (Lipinski definition) is 8. The predicted molar refractivity (Wildman–Crippen MR) is 118 cm³/mol. The van der Waals surface area contributed by atoms with Gasteiger partial charge >= 0.3 is 5.69 Å². The molecule has 0 radical (unpaired) electrons. The minimum absolute atomic E-state index is 0.155. The van der Waals surface area contributed by atoms with Crippen molar-refractivity contribution in [2.24, 2.45) is 5.73 Å². The zero-order valence-corrected chi connectivity index (χ0v) is 18.5. The van der Waals surface area contributed by atoms with Gasteiger partial charge in [0.15, 0.2) is 5.50 Å². The van der Waals surface area contributed by atoms with Crippen LogP contribution in [0.5, 0.6) is 0 Å². The lowest BCUT2D eigenvalue weighted by Gasteiger charge is -2.34. The molecule has 2 N–H and O–H groups in total. The molecule has 0 spiro atoms. The van der Waals surface area contributed by atoms with E-state index in [0.717, 1.165) is 11.6 Å². The van der Waals surface area contributed by atoms with Gasteiger partial charge in [0, 0.05) is 12.1 Å². The molecule has 0 amide bonds. The fourth-order valence-electron chi connectivity index (χ4n) is 2.88. The van der Waals surface area contributed by atoms with Crippen LogP contribution in [0.25, 0.3) is 0 Å². The van der Waals surface area contributed by atoms with Crippen LogP contribution in [-0.4, -0.2) is 35.4 Å². The molecule has 0 saturated heterocycles. The number of aryl methyl sites for hydroxylation is 1. The monoisotopic (exact) mass is 482 g/mol. The summed E-state index contributed by atoms with van der Waals surface area (Å²) in [5.41, 5.74) is 5.94. The largest absolute Gasteiger partial charge is 0.744 e. The first-order chi connectivity index (χ1) is 14.8. The Morgan fingerprint density at radius 3 is 2.16 bits per heavy atom. The molecule has 0 saturated carbocycles. The maximum absolute atomic E-state index is 11.2. The van der Waals surface area contributed by atoms with Crippen LogP contribution in [0.15, 0.2) is 71.4 Å². The van der Waals surface area contributed by atoms with Crippen molar-refractivity contribution in [1.82, 2.24) is 4.48 Å². The van der Waals surface area contributed by atoms with Crippen molar-refractivity contribution in [3.8, 4) is 0 Å². The summed E-state index contributed by atoms with van der Waals surface area (Å²) < 4.78 is 31.0. The van der Waals surface area contributed by atoms with E-state index >= 15 is 0 Å². The molecule has 1 heterocycles. The average Bonchev–Trinajstić information content (AvgIpc) is 2.70. The minimum atomic E-state index is -4.27. The molecular formula is C19H19ClN4O7S. The Balaban J connectivity index is 0.000000278. The molecule has 0 aromatic heterocycles. The van der Waals surface area contributed by atoms with E-state index in [2.05, 4.69) is 0 Å². The Labute approximate surface area is 188 Å². The van der Waals surface area contributed by atoms with Gasteiger partial charge in [-0.15, -0.1) is 0 Å². The number of allylic oxidation sites excluding steroid dienone is 1. The van der Waals surface area contributed by atoms with Crippen molar-refractivity contribution in [3.05, 3.63) is 92.3 Å². The number of hydrogen-bond donors (Lipinski definition) is 1. The number of nitro groups is 2. The average molecular weight is 483 g/mol. The summed E-state index contributed by atoms with van der Waals surface area (Å²) in [6, 6.07) is 9.24. The predicted octanol–water partition coefficient (Wildman–Crippen LogP) is 3.27. The van der Waals surface area contributed by atoms with Gasteiger partial charge in [0.2, 0.25) is 5.69 Å². The van der Waals surface area contributed by atoms with E-state index in [4.69, 9.17) is 17.3 Å². The van der Waals surface area contributed by atoms with Crippen LogP contribution in [0.1, 0.15) is 5.56 Å². The van der Waals surface area contributed by atoms with Crippen LogP contribution < -0.4 is 10.2 Å². The maximum Gasteiger partial charge on any atom is 0.336 e. The second-order valence-corrected chi connectivity index (χ2v) is 8.79. The van der Waals surface area contributed by atoms with E-state index in [1.54, 1.807) is 37.5 Å². The van der Waals surface area contributed by atoms with Gasteiger partial charge in [-0.1, -0.05) is 29.3 Å². The van der Waals surface area contributed by atoms with Crippen LogP contribution in [0, 0.1) is 27.2 Å². The molecule has 11 nitrogen and oxygen atoms in total. The number of nitrogens with zero attached hydrogens (tertiary/aromatic N) is 3. The third kappa shape index (κ3) is 5.68. The smallest absolute Gasteiger partial charge is 0.336 e. The Morgan fingerprint density at radius 2 is 1.66 bits per heavy atom. The topological polar surface area (TPSA) is 170 Å². The maximum atomic E-state index is 11.2. The van der Waals surface area contributed by atoms with Crippen molar-refractivity contribution >= 4 is 38.8 Å². The van der Waals surface area contributed by atoms with E-state index in [-0.39, 0.29) is 26.4 Å². The molecule has 3 rings (SSSR count). The number of benzene rings is 2. The molecule has 2 unspecified atom stereocenters. The number of quaternary nitrogens is 1. The highest BCUT2D eigenvalue weighted by Gasteiger charge is 2.40.